The Morgan fingerprint density at radius 2 is 2.07 bits per heavy atom. The Hall–Kier alpha value is -1.83. The summed E-state index contributed by atoms with van der Waals surface area (Å²) in [5, 5.41) is 3.03. The van der Waals surface area contributed by atoms with Gasteiger partial charge in [0.1, 0.15) is 5.82 Å². The number of anilines is 1. The molecule has 3 rings (SSSR count). The molecule has 1 N–H and O–H groups in total. The smallest absolute Gasteiger partial charge is 0.355 e. The van der Waals surface area contributed by atoms with Gasteiger partial charge >= 0.3 is 6.18 Å². The molecule has 2 atom stereocenters. The third-order valence-corrected chi connectivity index (χ3v) is 5.60. The van der Waals surface area contributed by atoms with Gasteiger partial charge in [0.25, 0.3) is 0 Å². The van der Waals surface area contributed by atoms with E-state index < -0.39 is 11.7 Å². The molecule has 0 radical (unpaired) electrons. The number of amides is 1. The Balaban J connectivity index is 1.62. The van der Waals surface area contributed by atoms with Gasteiger partial charge in [0, 0.05) is 31.9 Å². The van der Waals surface area contributed by atoms with E-state index in [1.807, 2.05) is 0 Å². The summed E-state index contributed by atoms with van der Waals surface area (Å²) in [6, 6.07) is 2.71. The molecule has 0 aromatic carbocycles. The molecule has 2 saturated heterocycles. The predicted molar refractivity (Wildman–Crippen MR) is 97.5 cm³/mol. The van der Waals surface area contributed by atoms with E-state index in [2.05, 4.69) is 22.1 Å². The van der Waals surface area contributed by atoms with E-state index in [4.69, 9.17) is 0 Å². The maximum atomic E-state index is 13.3. The summed E-state index contributed by atoms with van der Waals surface area (Å²) in [6.45, 7) is 5.51. The Kier molecular flexibility index (Phi) is 6.24. The van der Waals surface area contributed by atoms with E-state index in [9.17, 15) is 18.0 Å². The summed E-state index contributed by atoms with van der Waals surface area (Å²) in [6.07, 6.45) is 0.507. The van der Waals surface area contributed by atoms with Crippen LogP contribution in [0.2, 0.25) is 0 Å². The summed E-state index contributed by atoms with van der Waals surface area (Å²) in [7, 11) is 0. The van der Waals surface area contributed by atoms with Gasteiger partial charge < -0.3 is 10.2 Å². The van der Waals surface area contributed by atoms with Gasteiger partial charge in [0.05, 0.1) is 11.5 Å². The summed E-state index contributed by atoms with van der Waals surface area (Å²) in [4.78, 5) is 20.5. The minimum absolute atomic E-state index is 0.0628. The zero-order valence-electron chi connectivity index (χ0n) is 15.6. The molecule has 1 aromatic heterocycles. The first-order valence-electron chi connectivity index (χ1n) is 9.69. The van der Waals surface area contributed by atoms with Gasteiger partial charge in [-0.2, -0.15) is 13.2 Å². The highest BCUT2D eigenvalue weighted by atomic mass is 19.4. The normalized spacial score (nSPS) is 24.2. The number of likely N-dealkylation sites (N-methyl/N-ethyl adjacent to an activating group) is 1. The summed E-state index contributed by atoms with van der Waals surface area (Å²) in [5.41, 5.74) is -0.740. The molecule has 27 heavy (non-hydrogen) atoms. The number of likely N-dealkylation sites (tertiary alicyclic amines) is 1. The molecule has 150 valence electrons. The second kappa shape index (κ2) is 8.46. The Morgan fingerprint density at radius 1 is 1.30 bits per heavy atom. The maximum absolute atomic E-state index is 13.3. The van der Waals surface area contributed by atoms with Gasteiger partial charge in [-0.1, -0.05) is 6.92 Å². The van der Waals surface area contributed by atoms with Crippen molar-refractivity contribution in [1.82, 2.24) is 15.2 Å². The van der Waals surface area contributed by atoms with Crippen LogP contribution in [-0.4, -0.2) is 54.6 Å². The van der Waals surface area contributed by atoms with Crippen LogP contribution < -0.4 is 10.2 Å². The number of piperidine rings is 1. The predicted octanol–water partition coefficient (Wildman–Crippen LogP) is 2.92. The third-order valence-electron chi connectivity index (χ3n) is 5.60. The van der Waals surface area contributed by atoms with E-state index in [0.717, 1.165) is 32.0 Å². The fraction of sp³-hybridized carbons (Fsp3) is 0.684. The van der Waals surface area contributed by atoms with E-state index in [0.29, 0.717) is 32.0 Å². The quantitative estimate of drug-likeness (QED) is 0.848. The van der Waals surface area contributed by atoms with Crippen LogP contribution in [0.5, 0.6) is 0 Å². The topological polar surface area (TPSA) is 48.5 Å². The lowest BCUT2D eigenvalue weighted by atomic mass is 9.96. The van der Waals surface area contributed by atoms with Crippen LogP contribution >= 0.6 is 0 Å². The van der Waals surface area contributed by atoms with Crippen LogP contribution in [0.1, 0.15) is 38.2 Å². The first-order valence-corrected chi connectivity index (χ1v) is 9.69. The highest BCUT2D eigenvalue weighted by molar-refractivity contribution is 5.79. The molecule has 0 bridgehead atoms. The summed E-state index contributed by atoms with van der Waals surface area (Å²) >= 11 is 0. The van der Waals surface area contributed by atoms with Crippen LogP contribution in [0.4, 0.5) is 19.0 Å². The molecule has 2 aliphatic rings. The van der Waals surface area contributed by atoms with Crippen LogP contribution in [0.25, 0.3) is 0 Å². The number of alkyl halides is 3. The van der Waals surface area contributed by atoms with Crippen molar-refractivity contribution < 1.29 is 18.0 Å². The first kappa shape index (κ1) is 19.9. The molecule has 1 amide bonds. The lowest BCUT2D eigenvalue weighted by molar-refractivity contribution is -0.137. The van der Waals surface area contributed by atoms with Crippen molar-refractivity contribution in [3.8, 4) is 0 Å². The van der Waals surface area contributed by atoms with Gasteiger partial charge in [0.2, 0.25) is 5.91 Å². The molecular weight excluding hydrogens is 357 g/mol. The van der Waals surface area contributed by atoms with Gasteiger partial charge in [-0.25, -0.2) is 4.98 Å². The average molecular weight is 384 g/mol. The van der Waals surface area contributed by atoms with Crippen LogP contribution in [0, 0.1) is 5.92 Å². The van der Waals surface area contributed by atoms with Gasteiger partial charge in [-0.3, -0.25) is 9.69 Å². The molecule has 3 heterocycles. The number of carbonyl (C=O) groups is 1. The number of aromatic nitrogens is 1. The number of rotatable bonds is 5. The van der Waals surface area contributed by atoms with Crippen LogP contribution in [0.15, 0.2) is 18.3 Å². The average Bonchev–Trinajstić information content (AvgIpc) is 3.13. The van der Waals surface area contributed by atoms with Gasteiger partial charge in [-0.15, -0.1) is 0 Å². The first-order chi connectivity index (χ1) is 12.9. The molecule has 2 fully saturated rings. The molecule has 0 saturated carbocycles. The number of nitrogens with zero attached hydrogens (tertiary/aromatic N) is 3. The fourth-order valence-corrected chi connectivity index (χ4v) is 4.16. The molecule has 2 aliphatic heterocycles. The molecule has 1 aromatic rings. The summed E-state index contributed by atoms with van der Waals surface area (Å²) < 4.78 is 39.8. The molecule has 0 aliphatic carbocycles. The second-order valence-electron chi connectivity index (χ2n) is 7.33. The van der Waals surface area contributed by atoms with E-state index in [1.54, 1.807) is 4.90 Å². The summed E-state index contributed by atoms with van der Waals surface area (Å²) in [5.74, 6) is -0.444. The van der Waals surface area contributed by atoms with Crippen molar-refractivity contribution >= 4 is 11.7 Å². The maximum Gasteiger partial charge on any atom is 0.419 e. The number of pyridine rings is 1. The van der Waals surface area contributed by atoms with Crippen LogP contribution in [-0.2, 0) is 11.0 Å². The molecule has 8 heteroatoms. The molecule has 5 nitrogen and oxygen atoms in total. The fourth-order valence-electron chi connectivity index (χ4n) is 4.16. The zero-order chi connectivity index (χ0) is 19.4. The Labute approximate surface area is 157 Å². The Morgan fingerprint density at radius 3 is 2.81 bits per heavy atom. The van der Waals surface area contributed by atoms with Crippen molar-refractivity contribution in [2.75, 3.05) is 37.6 Å². The van der Waals surface area contributed by atoms with E-state index in [-0.39, 0.29) is 24.2 Å². The molecular formula is C19H27F3N4O. The van der Waals surface area contributed by atoms with Crippen molar-refractivity contribution in [3.63, 3.8) is 0 Å². The van der Waals surface area contributed by atoms with Crippen molar-refractivity contribution in [1.29, 1.82) is 0 Å². The number of nitrogens with one attached hydrogen (secondary N) is 1. The van der Waals surface area contributed by atoms with E-state index in [1.165, 1.54) is 12.3 Å². The number of hydrogen-bond donors (Lipinski definition) is 1. The van der Waals surface area contributed by atoms with E-state index >= 15 is 0 Å². The highest BCUT2D eigenvalue weighted by Gasteiger charge is 2.37. The standard InChI is InChI=1S/C19H27F3N4O/c1-2-25-10-5-7-15(25)12-24-18(27)14-6-4-11-26(13-14)17-16(19(20,21)22)8-3-9-23-17/h3,8-9,14-15H,2,4-7,10-13H2,1H3,(H,24,27)/t14-,15-/m1/s1. The van der Waals surface area contributed by atoms with Crippen molar-refractivity contribution in [2.24, 2.45) is 5.92 Å². The van der Waals surface area contributed by atoms with Gasteiger partial charge in [0.15, 0.2) is 0 Å². The highest BCUT2D eigenvalue weighted by Crippen LogP contribution is 2.36. The lowest BCUT2D eigenvalue weighted by Crippen LogP contribution is -2.47. The molecule has 0 spiro atoms. The lowest BCUT2D eigenvalue weighted by Gasteiger charge is -2.34. The second-order valence-corrected chi connectivity index (χ2v) is 7.33. The largest absolute Gasteiger partial charge is 0.419 e. The molecule has 0 unspecified atom stereocenters. The number of hydrogen-bond acceptors (Lipinski definition) is 4. The zero-order valence-corrected chi connectivity index (χ0v) is 15.6. The number of halogens is 3. The third kappa shape index (κ3) is 4.72. The van der Waals surface area contributed by atoms with Gasteiger partial charge in [-0.05, 0) is 50.9 Å². The van der Waals surface area contributed by atoms with Crippen LogP contribution in [0.3, 0.4) is 0 Å². The number of carbonyl (C=O) groups excluding carboxylic acids is 1. The van der Waals surface area contributed by atoms with Crippen molar-refractivity contribution in [3.05, 3.63) is 23.9 Å². The monoisotopic (exact) mass is 384 g/mol. The Bertz CT molecular complexity index is 652. The SMILES string of the molecule is CCN1CCC[C@@H]1CNC(=O)[C@@H]1CCCN(c2ncccc2C(F)(F)F)C1. The van der Waals surface area contributed by atoms with Crippen molar-refractivity contribution in [2.45, 2.75) is 44.8 Å². The minimum Gasteiger partial charge on any atom is -0.355 e. The minimum atomic E-state index is -4.45.